The van der Waals surface area contributed by atoms with Crippen molar-refractivity contribution in [3.05, 3.63) is 64.7 Å². The Hall–Kier alpha value is -3.59. The molecule has 0 fully saturated rings. The van der Waals surface area contributed by atoms with E-state index in [4.69, 9.17) is 4.74 Å². The molecule has 2 N–H and O–H groups in total. The maximum atomic E-state index is 12.2. The minimum Gasteiger partial charge on any atom is -0.496 e. The van der Waals surface area contributed by atoms with E-state index in [2.05, 4.69) is 5.32 Å². The van der Waals surface area contributed by atoms with Gasteiger partial charge in [0.2, 0.25) is 0 Å². The maximum Gasteiger partial charge on any atom is 0.339 e. The second-order valence-electron chi connectivity index (χ2n) is 5.25. The minimum absolute atomic E-state index is 0.0486. The van der Waals surface area contributed by atoms with Crippen molar-refractivity contribution in [3.63, 3.8) is 0 Å². The van der Waals surface area contributed by atoms with Crippen LogP contribution in [0.2, 0.25) is 0 Å². The third-order valence-electron chi connectivity index (χ3n) is 3.44. The van der Waals surface area contributed by atoms with E-state index in [-0.39, 0.29) is 16.9 Å². The summed E-state index contributed by atoms with van der Waals surface area (Å²) in [7, 11) is 1.37. The summed E-state index contributed by atoms with van der Waals surface area (Å²) in [6.07, 6.45) is 1.33. The summed E-state index contributed by atoms with van der Waals surface area (Å²) in [5.74, 6) is -1.53. The van der Waals surface area contributed by atoms with Crippen molar-refractivity contribution in [3.8, 4) is 11.8 Å². The molecular weight excluding hydrogens is 320 g/mol. The summed E-state index contributed by atoms with van der Waals surface area (Å²) in [4.78, 5) is 23.5. The van der Waals surface area contributed by atoms with Gasteiger partial charge in [0.1, 0.15) is 23.0 Å². The number of carboxylic acid groups (broad SMARTS) is 1. The van der Waals surface area contributed by atoms with Crippen molar-refractivity contribution < 1.29 is 19.4 Å². The van der Waals surface area contributed by atoms with Crippen molar-refractivity contribution in [2.45, 2.75) is 6.92 Å². The number of hydrogen-bond donors (Lipinski definition) is 2. The van der Waals surface area contributed by atoms with Gasteiger partial charge in [-0.25, -0.2) is 4.79 Å². The molecule has 2 rings (SSSR count). The lowest BCUT2D eigenvalue weighted by atomic mass is 10.1. The second-order valence-corrected chi connectivity index (χ2v) is 5.25. The van der Waals surface area contributed by atoms with Gasteiger partial charge in [0, 0.05) is 5.69 Å². The zero-order chi connectivity index (χ0) is 18.4. The first kappa shape index (κ1) is 17.8. The van der Waals surface area contributed by atoms with Gasteiger partial charge < -0.3 is 15.2 Å². The van der Waals surface area contributed by atoms with Crippen LogP contribution in [0.25, 0.3) is 6.08 Å². The summed E-state index contributed by atoms with van der Waals surface area (Å²) in [6.45, 7) is 1.93. The topological polar surface area (TPSA) is 99.4 Å². The lowest BCUT2D eigenvalue weighted by Crippen LogP contribution is -2.13. The molecule has 0 spiro atoms. The molecule has 0 saturated carbocycles. The van der Waals surface area contributed by atoms with Gasteiger partial charge in [-0.1, -0.05) is 23.8 Å². The van der Waals surface area contributed by atoms with Crippen LogP contribution in [0.4, 0.5) is 5.69 Å². The van der Waals surface area contributed by atoms with Gasteiger partial charge in [-0.3, -0.25) is 4.79 Å². The van der Waals surface area contributed by atoms with Crippen LogP contribution in [0.5, 0.6) is 5.75 Å². The van der Waals surface area contributed by atoms with Crippen LogP contribution < -0.4 is 10.1 Å². The number of nitriles is 1. The van der Waals surface area contributed by atoms with Gasteiger partial charge >= 0.3 is 5.97 Å². The molecule has 0 heterocycles. The van der Waals surface area contributed by atoms with Crippen LogP contribution in [-0.2, 0) is 4.79 Å². The highest BCUT2D eigenvalue weighted by molar-refractivity contribution is 6.09. The number of amides is 1. The zero-order valence-corrected chi connectivity index (χ0v) is 13.7. The fourth-order valence-electron chi connectivity index (χ4n) is 2.13. The van der Waals surface area contributed by atoms with Gasteiger partial charge in [0.05, 0.1) is 7.11 Å². The maximum absolute atomic E-state index is 12.2. The Kier molecular flexibility index (Phi) is 5.54. The van der Waals surface area contributed by atoms with Crippen molar-refractivity contribution in [1.29, 1.82) is 5.26 Å². The third-order valence-corrected chi connectivity index (χ3v) is 3.44. The second kappa shape index (κ2) is 7.79. The van der Waals surface area contributed by atoms with E-state index < -0.39 is 11.9 Å². The number of hydrogen-bond acceptors (Lipinski definition) is 4. The Morgan fingerprint density at radius 3 is 2.44 bits per heavy atom. The first-order valence-corrected chi connectivity index (χ1v) is 7.35. The molecule has 0 aliphatic rings. The number of carbonyl (C=O) groups excluding carboxylic acids is 1. The van der Waals surface area contributed by atoms with Crippen molar-refractivity contribution in [2.24, 2.45) is 0 Å². The predicted octanol–water partition coefficient (Wildman–Crippen LogP) is 3.25. The Balaban J connectivity index is 2.29. The number of benzene rings is 2. The normalized spacial score (nSPS) is 10.7. The van der Waals surface area contributed by atoms with Crippen molar-refractivity contribution >= 4 is 23.6 Å². The molecule has 25 heavy (non-hydrogen) atoms. The molecular formula is C19H16N2O4. The monoisotopic (exact) mass is 336 g/mol. The number of rotatable bonds is 5. The van der Waals surface area contributed by atoms with Crippen LogP contribution in [-0.4, -0.2) is 24.1 Å². The summed E-state index contributed by atoms with van der Waals surface area (Å²) in [5.41, 5.74) is 1.84. The van der Waals surface area contributed by atoms with Gasteiger partial charge in [-0.05, 0) is 42.8 Å². The summed E-state index contributed by atoms with van der Waals surface area (Å²) in [6, 6.07) is 13.4. The average Bonchev–Trinajstić information content (AvgIpc) is 2.61. The first-order chi connectivity index (χ1) is 11.9. The fourth-order valence-corrected chi connectivity index (χ4v) is 2.13. The Morgan fingerprint density at radius 1 is 1.20 bits per heavy atom. The largest absolute Gasteiger partial charge is 0.496 e. The molecule has 0 saturated heterocycles. The molecule has 0 aromatic heterocycles. The third kappa shape index (κ3) is 4.45. The highest BCUT2D eigenvalue weighted by atomic mass is 16.5. The lowest BCUT2D eigenvalue weighted by molar-refractivity contribution is -0.112. The summed E-state index contributed by atoms with van der Waals surface area (Å²) >= 11 is 0. The van der Waals surface area contributed by atoms with Gasteiger partial charge in [-0.2, -0.15) is 5.26 Å². The molecule has 0 bridgehead atoms. The Morgan fingerprint density at radius 2 is 1.88 bits per heavy atom. The Labute approximate surface area is 145 Å². The highest BCUT2D eigenvalue weighted by Crippen LogP contribution is 2.21. The van der Waals surface area contributed by atoms with E-state index in [1.165, 1.54) is 25.3 Å². The van der Waals surface area contributed by atoms with Crippen LogP contribution in [0.3, 0.4) is 0 Å². The van der Waals surface area contributed by atoms with Crippen LogP contribution in [0, 0.1) is 18.3 Å². The van der Waals surface area contributed by atoms with Crippen LogP contribution in [0.1, 0.15) is 21.5 Å². The summed E-state index contributed by atoms with van der Waals surface area (Å²) in [5, 5.41) is 21.1. The van der Waals surface area contributed by atoms with Gasteiger partial charge in [-0.15, -0.1) is 0 Å². The molecule has 0 unspecified atom stereocenters. The minimum atomic E-state index is -1.16. The highest BCUT2D eigenvalue weighted by Gasteiger charge is 2.13. The molecule has 2 aromatic rings. The SMILES string of the molecule is COc1ccc(/C=C(\C#N)C(=O)Nc2ccc(C)cc2)cc1C(=O)O. The molecule has 0 aliphatic carbocycles. The van der Waals surface area contributed by atoms with E-state index in [1.807, 2.05) is 25.1 Å². The number of carboxylic acids is 1. The van der Waals surface area contributed by atoms with Gasteiger partial charge in [0.25, 0.3) is 5.91 Å². The zero-order valence-electron chi connectivity index (χ0n) is 13.7. The number of anilines is 1. The van der Waals surface area contributed by atoms with Gasteiger partial charge in [0.15, 0.2) is 0 Å². The molecule has 0 atom stereocenters. The molecule has 1 amide bonds. The van der Waals surface area contributed by atoms with E-state index >= 15 is 0 Å². The van der Waals surface area contributed by atoms with Crippen LogP contribution >= 0.6 is 0 Å². The first-order valence-electron chi connectivity index (χ1n) is 7.35. The number of carbonyl (C=O) groups is 2. The van der Waals surface area contributed by atoms with E-state index in [1.54, 1.807) is 18.2 Å². The molecule has 0 aliphatic heterocycles. The lowest BCUT2D eigenvalue weighted by Gasteiger charge is -2.07. The molecule has 6 heteroatoms. The number of nitrogens with one attached hydrogen (secondary N) is 1. The van der Waals surface area contributed by atoms with Crippen molar-refractivity contribution in [2.75, 3.05) is 12.4 Å². The number of ether oxygens (including phenoxy) is 1. The molecule has 0 radical (unpaired) electrons. The molecule has 2 aromatic carbocycles. The quantitative estimate of drug-likeness (QED) is 0.645. The molecule has 6 nitrogen and oxygen atoms in total. The van der Waals surface area contributed by atoms with E-state index in [0.717, 1.165) is 5.56 Å². The van der Waals surface area contributed by atoms with Crippen LogP contribution in [0.15, 0.2) is 48.0 Å². The van der Waals surface area contributed by atoms with E-state index in [9.17, 15) is 20.0 Å². The number of aryl methyl sites for hydroxylation is 1. The standard InChI is InChI=1S/C19H16N2O4/c1-12-3-6-15(7-4-12)21-18(22)14(11-20)9-13-5-8-17(25-2)16(10-13)19(23)24/h3-10H,1-2H3,(H,21,22)(H,23,24)/b14-9+. The smallest absolute Gasteiger partial charge is 0.339 e. The summed E-state index contributed by atoms with van der Waals surface area (Å²) < 4.78 is 4.98. The predicted molar refractivity (Wildman–Crippen MR) is 93.4 cm³/mol. The molecule has 126 valence electrons. The van der Waals surface area contributed by atoms with Crippen molar-refractivity contribution in [1.82, 2.24) is 0 Å². The fraction of sp³-hybridized carbons (Fsp3) is 0.105. The average molecular weight is 336 g/mol. The number of aromatic carboxylic acids is 1. The van der Waals surface area contributed by atoms with E-state index in [0.29, 0.717) is 11.3 Å². The Bertz CT molecular complexity index is 877. The number of nitrogens with zero attached hydrogens (tertiary/aromatic N) is 1. The number of methoxy groups -OCH3 is 1.